The molecule has 2 aliphatic heterocycles. The molecule has 0 aliphatic carbocycles. The van der Waals surface area contributed by atoms with Crippen LogP contribution in [-0.4, -0.2) is 61.7 Å². The second-order valence-corrected chi connectivity index (χ2v) is 6.46. The first-order valence-electron chi connectivity index (χ1n) is 8.50. The van der Waals surface area contributed by atoms with E-state index in [1.54, 1.807) is 0 Å². The van der Waals surface area contributed by atoms with Crippen LogP contribution in [0.4, 0.5) is 0 Å². The summed E-state index contributed by atoms with van der Waals surface area (Å²) >= 11 is 0. The molecule has 0 amide bonds. The average Bonchev–Trinajstić information content (AvgIpc) is 2.40. The van der Waals surface area contributed by atoms with Crippen molar-refractivity contribution < 1.29 is 0 Å². The smallest absolute Gasteiger partial charge is 0.0108 e. The lowest BCUT2D eigenvalue weighted by Gasteiger charge is -2.46. The monoisotopic (exact) mass is 267 g/mol. The van der Waals surface area contributed by atoms with Crippen LogP contribution in [0.1, 0.15) is 46.0 Å². The van der Waals surface area contributed by atoms with Crippen molar-refractivity contribution in [1.29, 1.82) is 0 Å². The highest BCUT2D eigenvalue weighted by atomic mass is 15.3. The summed E-state index contributed by atoms with van der Waals surface area (Å²) in [6.45, 7) is 13.6. The zero-order chi connectivity index (χ0) is 13.5. The Labute approximate surface area is 119 Å². The Kier molecular flexibility index (Phi) is 6.62. The van der Waals surface area contributed by atoms with E-state index in [1.165, 1.54) is 77.9 Å². The minimum Gasteiger partial charge on any atom is -0.314 e. The van der Waals surface area contributed by atoms with Crippen molar-refractivity contribution in [2.24, 2.45) is 5.92 Å². The van der Waals surface area contributed by atoms with Crippen LogP contribution >= 0.6 is 0 Å². The van der Waals surface area contributed by atoms with Gasteiger partial charge in [0.2, 0.25) is 0 Å². The van der Waals surface area contributed by atoms with Gasteiger partial charge in [-0.05, 0) is 18.8 Å². The fourth-order valence-electron chi connectivity index (χ4n) is 3.56. The third kappa shape index (κ3) is 4.73. The van der Waals surface area contributed by atoms with Crippen LogP contribution in [0, 0.1) is 5.92 Å². The van der Waals surface area contributed by atoms with Gasteiger partial charge in [0.05, 0.1) is 0 Å². The largest absolute Gasteiger partial charge is 0.314 e. The van der Waals surface area contributed by atoms with Crippen LogP contribution in [0.15, 0.2) is 0 Å². The van der Waals surface area contributed by atoms with Gasteiger partial charge in [0, 0.05) is 51.9 Å². The molecule has 1 unspecified atom stereocenters. The third-order valence-electron chi connectivity index (χ3n) is 4.74. The topological polar surface area (TPSA) is 18.5 Å². The van der Waals surface area contributed by atoms with Crippen molar-refractivity contribution >= 4 is 0 Å². The lowest BCUT2D eigenvalue weighted by atomic mass is 9.93. The molecule has 1 atom stereocenters. The molecule has 0 spiro atoms. The first-order chi connectivity index (χ1) is 9.33. The van der Waals surface area contributed by atoms with Gasteiger partial charge in [-0.25, -0.2) is 0 Å². The summed E-state index contributed by atoms with van der Waals surface area (Å²) in [5.41, 5.74) is 0. The van der Waals surface area contributed by atoms with Crippen molar-refractivity contribution in [2.45, 2.75) is 52.0 Å². The predicted octanol–water partition coefficient (Wildman–Crippen LogP) is 2.18. The van der Waals surface area contributed by atoms with E-state index in [-0.39, 0.29) is 0 Å². The zero-order valence-electron chi connectivity index (χ0n) is 13.0. The van der Waals surface area contributed by atoms with Crippen LogP contribution in [-0.2, 0) is 0 Å². The van der Waals surface area contributed by atoms with Gasteiger partial charge in [-0.3, -0.25) is 4.90 Å². The first kappa shape index (κ1) is 15.3. The van der Waals surface area contributed by atoms with Crippen molar-refractivity contribution in [3.8, 4) is 0 Å². The molecule has 2 rings (SSSR count). The number of nitrogens with one attached hydrogen (secondary N) is 1. The molecule has 19 heavy (non-hydrogen) atoms. The highest BCUT2D eigenvalue weighted by Gasteiger charge is 2.32. The van der Waals surface area contributed by atoms with Crippen molar-refractivity contribution in [3.05, 3.63) is 0 Å². The lowest BCUT2D eigenvalue weighted by Crippen LogP contribution is -2.57. The van der Waals surface area contributed by atoms with Gasteiger partial charge in [0.25, 0.3) is 0 Å². The summed E-state index contributed by atoms with van der Waals surface area (Å²) in [6, 6.07) is 0.879. The lowest BCUT2D eigenvalue weighted by molar-refractivity contribution is 0.0210. The Morgan fingerprint density at radius 3 is 2.42 bits per heavy atom. The number of likely N-dealkylation sites (tertiary alicyclic amines) is 1. The minimum absolute atomic E-state index is 0.879. The molecule has 0 aromatic rings. The van der Waals surface area contributed by atoms with E-state index >= 15 is 0 Å². The van der Waals surface area contributed by atoms with Crippen LogP contribution in [0.5, 0.6) is 0 Å². The van der Waals surface area contributed by atoms with Crippen molar-refractivity contribution in [1.82, 2.24) is 15.1 Å². The van der Waals surface area contributed by atoms with Crippen molar-refractivity contribution in [3.63, 3.8) is 0 Å². The van der Waals surface area contributed by atoms with E-state index in [4.69, 9.17) is 0 Å². The summed E-state index contributed by atoms with van der Waals surface area (Å²) in [5.74, 6) is 0.944. The number of hydrogen-bond acceptors (Lipinski definition) is 3. The molecule has 0 aromatic carbocycles. The molecule has 0 radical (unpaired) electrons. The summed E-state index contributed by atoms with van der Waals surface area (Å²) in [6.07, 6.45) is 6.92. The molecule has 112 valence electrons. The van der Waals surface area contributed by atoms with E-state index in [0.29, 0.717) is 0 Å². The van der Waals surface area contributed by atoms with Gasteiger partial charge in [0.15, 0.2) is 0 Å². The Balaban J connectivity index is 1.65. The van der Waals surface area contributed by atoms with Gasteiger partial charge in [-0.2, -0.15) is 0 Å². The van der Waals surface area contributed by atoms with Crippen LogP contribution in [0.25, 0.3) is 0 Å². The third-order valence-corrected chi connectivity index (χ3v) is 4.74. The summed E-state index contributed by atoms with van der Waals surface area (Å²) in [7, 11) is 0. The van der Waals surface area contributed by atoms with Gasteiger partial charge in [0.1, 0.15) is 0 Å². The number of rotatable bonds is 8. The average molecular weight is 267 g/mol. The van der Waals surface area contributed by atoms with Crippen LogP contribution in [0.3, 0.4) is 0 Å². The number of unbranched alkanes of at least 4 members (excludes halogenated alkanes) is 1. The van der Waals surface area contributed by atoms with E-state index < -0.39 is 0 Å². The molecule has 3 nitrogen and oxygen atoms in total. The Bertz CT molecular complexity index is 232. The first-order valence-corrected chi connectivity index (χ1v) is 8.50. The number of nitrogens with zero attached hydrogens (tertiary/aromatic N) is 2. The molecular formula is C16H33N3. The zero-order valence-corrected chi connectivity index (χ0v) is 13.0. The Hall–Kier alpha value is -0.120. The van der Waals surface area contributed by atoms with E-state index in [1.807, 2.05) is 0 Å². The van der Waals surface area contributed by atoms with Gasteiger partial charge < -0.3 is 10.2 Å². The molecule has 2 aliphatic rings. The quantitative estimate of drug-likeness (QED) is 0.727. The van der Waals surface area contributed by atoms with E-state index in [0.717, 1.165) is 12.0 Å². The molecule has 0 aromatic heterocycles. The maximum Gasteiger partial charge on any atom is 0.0108 e. The second-order valence-electron chi connectivity index (χ2n) is 6.46. The fourth-order valence-corrected chi connectivity index (χ4v) is 3.56. The molecule has 0 saturated carbocycles. The highest BCUT2D eigenvalue weighted by Crippen LogP contribution is 2.25. The standard InChI is InChI=1S/C16H33N3/c1-3-5-7-16(6-4-2)19-13-15(14-19)12-18-10-8-17-9-11-18/h15-17H,3-14H2,1-2H3. The Morgan fingerprint density at radius 2 is 1.79 bits per heavy atom. The molecule has 3 heteroatoms. The highest BCUT2D eigenvalue weighted by molar-refractivity contribution is 4.87. The van der Waals surface area contributed by atoms with Crippen LogP contribution < -0.4 is 5.32 Å². The second kappa shape index (κ2) is 8.23. The molecule has 2 saturated heterocycles. The fraction of sp³-hybridized carbons (Fsp3) is 1.00. The number of hydrogen-bond donors (Lipinski definition) is 1. The molecule has 2 fully saturated rings. The summed E-state index contributed by atoms with van der Waals surface area (Å²) in [4.78, 5) is 5.41. The SMILES string of the molecule is CCCCC(CCC)N1CC(CN2CCNCC2)C1. The summed E-state index contributed by atoms with van der Waals surface area (Å²) < 4.78 is 0. The molecule has 2 heterocycles. The van der Waals surface area contributed by atoms with Crippen LogP contribution in [0.2, 0.25) is 0 Å². The van der Waals surface area contributed by atoms with E-state index in [9.17, 15) is 0 Å². The molecule has 1 N–H and O–H groups in total. The Morgan fingerprint density at radius 1 is 1.05 bits per heavy atom. The summed E-state index contributed by atoms with van der Waals surface area (Å²) in [5, 5.41) is 3.44. The maximum absolute atomic E-state index is 3.44. The minimum atomic E-state index is 0.879. The van der Waals surface area contributed by atoms with Crippen molar-refractivity contribution in [2.75, 3.05) is 45.8 Å². The van der Waals surface area contributed by atoms with Gasteiger partial charge >= 0.3 is 0 Å². The normalized spacial score (nSPS) is 24.3. The van der Waals surface area contributed by atoms with E-state index in [2.05, 4.69) is 29.0 Å². The van der Waals surface area contributed by atoms with Gasteiger partial charge in [-0.1, -0.05) is 33.1 Å². The maximum atomic E-state index is 3.44. The molecule has 0 bridgehead atoms. The number of piperazine rings is 1. The van der Waals surface area contributed by atoms with Gasteiger partial charge in [-0.15, -0.1) is 0 Å². The predicted molar refractivity (Wildman–Crippen MR) is 82.6 cm³/mol. The molecular weight excluding hydrogens is 234 g/mol.